The molecule has 24 heavy (non-hydrogen) atoms. The number of carboxylic acids is 1. The quantitative estimate of drug-likeness (QED) is 0.911. The Labute approximate surface area is 137 Å². The van der Waals surface area contributed by atoms with E-state index in [0.717, 1.165) is 24.3 Å². The van der Waals surface area contributed by atoms with Gasteiger partial charge in [-0.3, -0.25) is 9.59 Å². The predicted molar refractivity (Wildman–Crippen MR) is 78.4 cm³/mol. The summed E-state index contributed by atoms with van der Waals surface area (Å²) in [4.78, 5) is 24.7. The first-order chi connectivity index (χ1) is 11.2. The molecule has 0 saturated carbocycles. The van der Waals surface area contributed by atoms with E-state index in [1.807, 2.05) is 0 Å². The van der Waals surface area contributed by atoms with E-state index in [2.05, 4.69) is 0 Å². The molecule has 0 bridgehead atoms. The van der Waals surface area contributed by atoms with Gasteiger partial charge in [-0.1, -0.05) is 6.92 Å². The Morgan fingerprint density at radius 3 is 2.42 bits per heavy atom. The van der Waals surface area contributed by atoms with Gasteiger partial charge >= 0.3 is 12.1 Å². The van der Waals surface area contributed by atoms with Gasteiger partial charge < -0.3 is 14.7 Å². The maximum atomic E-state index is 12.5. The number of carbonyl (C=O) groups excluding carboxylic acids is 1. The molecule has 1 saturated heterocycles. The van der Waals surface area contributed by atoms with Crippen molar-refractivity contribution in [1.29, 1.82) is 0 Å². The van der Waals surface area contributed by atoms with Crippen molar-refractivity contribution in [2.24, 2.45) is 11.8 Å². The maximum Gasteiger partial charge on any atom is 0.416 e. The van der Waals surface area contributed by atoms with Crippen LogP contribution in [0.5, 0.6) is 5.75 Å². The highest BCUT2D eigenvalue weighted by Gasteiger charge is 2.33. The van der Waals surface area contributed by atoms with Crippen molar-refractivity contribution in [3.05, 3.63) is 29.8 Å². The topological polar surface area (TPSA) is 66.8 Å². The van der Waals surface area contributed by atoms with E-state index in [1.54, 1.807) is 6.92 Å². The Morgan fingerprint density at radius 2 is 1.92 bits per heavy atom. The molecule has 132 valence electrons. The molecule has 1 aliphatic rings. The summed E-state index contributed by atoms with van der Waals surface area (Å²) in [6, 6.07) is 4.10. The molecule has 5 nitrogen and oxygen atoms in total. The molecule has 1 heterocycles. The number of benzene rings is 1. The van der Waals surface area contributed by atoms with Crippen LogP contribution in [0.1, 0.15) is 18.9 Å². The summed E-state index contributed by atoms with van der Waals surface area (Å²) >= 11 is 0. The molecule has 2 unspecified atom stereocenters. The lowest BCUT2D eigenvalue weighted by Gasteiger charge is -2.34. The van der Waals surface area contributed by atoms with Crippen molar-refractivity contribution < 1.29 is 32.6 Å². The first kappa shape index (κ1) is 18.1. The molecule has 0 spiro atoms. The molecule has 1 aromatic rings. The van der Waals surface area contributed by atoms with Crippen LogP contribution in [-0.4, -0.2) is 41.6 Å². The molecule has 1 amide bonds. The smallest absolute Gasteiger partial charge is 0.416 e. The van der Waals surface area contributed by atoms with Crippen molar-refractivity contribution in [3.8, 4) is 5.75 Å². The fourth-order valence-corrected chi connectivity index (χ4v) is 2.72. The van der Waals surface area contributed by atoms with Crippen molar-refractivity contribution in [1.82, 2.24) is 4.90 Å². The second kappa shape index (κ2) is 7.11. The van der Waals surface area contributed by atoms with E-state index in [0.29, 0.717) is 19.5 Å². The standard InChI is InChI=1S/C16H18F3NO4/c1-10-8-20(7-6-13(10)15(22)23)14(21)9-24-12-4-2-11(3-5-12)16(17,18)19/h2-5,10,13H,6-9H2,1H3,(H,22,23). The molecular formula is C16H18F3NO4. The van der Waals surface area contributed by atoms with Crippen LogP contribution in [0.4, 0.5) is 13.2 Å². The molecule has 2 rings (SSSR count). The third kappa shape index (κ3) is 4.39. The third-order valence-electron chi connectivity index (χ3n) is 4.12. The molecule has 1 aliphatic heterocycles. The lowest BCUT2D eigenvalue weighted by Crippen LogP contribution is -2.46. The largest absolute Gasteiger partial charge is 0.484 e. The number of halogens is 3. The Kier molecular flexibility index (Phi) is 5.36. The third-order valence-corrected chi connectivity index (χ3v) is 4.12. The van der Waals surface area contributed by atoms with Gasteiger partial charge in [-0.05, 0) is 36.6 Å². The second-order valence-corrected chi connectivity index (χ2v) is 5.86. The first-order valence-electron chi connectivity index (χ1n) is 7.49. The lowest BCUT2D eigenvalue weighted by molar-refractivity contribution is -0.148. The average Bonchev–Trinajstić information content (AvgIpc) is 2.51. The fourth-order valence-electron chi connectivity index (χ4n) is 2.72. The Morgan fingerprint density at radius 1 is 1.29 bits per heavy atom. The molecule has 2 atom stereocenters. The van der Waals surface area contributed by atoms with E-state index >= 15 is 0 Å². The molecule has 1 aromatic carbocycles. The highest BCUT2D eigenvalue weighted by Crippen LogP contribution is 2.30. The van der Waals surface area contributed by atoms with Crippen LogP contribution in [0.3, 0.4) is 0 Å². The van der Waals surface area contributed by atoms with E-state index in [1.165, 1.54) is 4.90 Å². The summed E-state index contributed by atoms with van der Waals surface area (Å²) in [5.41, 5.74) is -0.786. The van der Waals surface area contributed by atoms with Gasteiger partial charge in [-0.15, -0.1) is 0 Å². The molecule has 1 N–H and O–H groups in total. The zero-order chi connectivity index (χ0) is 17.9. The van der Waals surface area contributed by atoms with Crippen LogP contribution in [0, 0.1) is 11.8 Å². The SMILES string of the molecule is CC1CN(C(=O)COc2ccc(C(F)(F)F)cc2)CCC1C(=O)O. The lowest BCUT2D eigenvalue weighted by atomic mass is 9.87. The number of rotatable bonds is 4. The van der Waals surface area contributed by atoms with E-state index < -0.39 is 23.6 Å². The van der Waals surface area contributed by atoms with Gasteiger partial charge in [0.05, 0.1) is 11.5 Å². The van der Waals surface area contributed by atoms with Crippen LogP contribution < -0.4 is 4.74 Å². The predicted octanol–water partition coefficient (Wildman–Crippen LogP) is 2.65. The first-order valence-corrected chi connectivity index (χ1v) is 7.49. The Balaban J connectivity index is 1.86. The summed E-state index contributed by atoms with van der Waals surface area (Å²) < 4.78 is 42.6. The number of hydrogen-bond acceptors (Lipinski definition) is 3. The van der Waals surface area contributed by atoms with Gasteiger partial charge in [0.25, 0.3) is 5.91 Å². The summed E-state index contributed by atoms with van der Waals surface area (Å²) in [6.45, 7) is 2.13. The number of carboxylic acid groups (broad SMARTS) is 1. The fraction of sp³-hybridized carbons (Fsp3) is 0.500. The summed E-state index contributed by atoms with van der Waals surface area (Å²) in [5.74, 6) is -1.64. The number of piperidine rings is 1. The molecule has 0 aliphatic carbocycles. The van der Waals surface area contributed by atoms with Crippen molar-refractivity contribution >= 4 is 11.9 Å². The summed E-state index contributed by atoms with van der Waals surface area (Å²) in [6.07, 6.45) is -4.04. The monoisotopic (exact) mass is 345 g/mol. The van der Waals surface area contributed by atoms with E-state index in [9.17, 15) is 22.8 Å². The number of amides is 1. The van der Waals surface area contributed by atoms with Gasteiger partial charge in [0.15, 0.2) is 6.61 Å². The Hall–Kier alpha value is -2.25. The van der Waals surface area contributed by atoms with E-state index in [4.69, 9.17) is 9.84 Å². The summed E-state index contributed by atoms with van der Waals surface area (Å²) in [7, 11) is 0. The maximum absolute atomic E-state index is 12.5. The van der Waals surface area contributed by atoms with Gasteiger partial charge in [0.1, 0.15) is 5.75 Å². The normalized spacial score (nSPS) is 21.4. The number of alkyl halides is 3. The van der Waals surface area contributed by atoms with Gasteiger partial charge in [0, 0.05) is 13.1 Å². The minimum absolute atomic E-state index is 0.161. The van der Waals surface area contributed by atoms with Crippen LogP contribution in [0.25, 0.3) is 0 Å². The molecule has 1 fully saturated rings. The average molecular weight is 345 g/mol. The zero-order valence-electron chi connectivity index (χ0n) is 13.0. The second-order valence-electron chi connectivity index (χ2n) is 5.86. The minimum atomic E-state index is -4.42. The van der Waals surface area contributed by atoms with E-state index in [-0.39, 0.29) is 24.2 Å². The molecule has 8 heteroatoms. The van der Waals surface area contributed by atoms with Gasteiger partial charge in [-0.25, -0.2) is 0 Å². The van der Waals surface area contributed by atoms with Crippen LogP contribution in [-0.2, 0) is 15.8 Å². The number of carbonyl (C=O) groups is 2. The van der Waals surface area contributed by atoms with Crippen molar-refractivity contribution in [3.63, 3.8) is 0 Å². The highest BCUT2D eigenvalue weighted by atomic mass is 19.4. The molecule has 0 aromatic heterocycles. The number of aliphatic carboxylic acids is 1. The van der Waals surface area contributed by atoms with Crippen LogP contribution in [0.15, 0.2) is 24.3 Å². The minimum Gasteiger partial charge on any atom is -0.484 e. The number of nitrogens with zero attached hydrogens (tertiary/aromatic N) is 1. The van der Waals surface area contributed by atoms with Gasteiger partial charge in [0.2, 0.25) is 0 Å². The zero-order valence-corrected chi connectivity index (χ0v) is 13.0. The number of ether oxygens (including phenoxy) is 1. The molecular weight excluding hydrogens is 327 g/mol. The summed E-state index contributed by atoms with van der Waals surface area (Å²) in [5, 5.41) is 9.06. The van der Waals surface area contributed by atoms with Crippen molar-refractivity contribution in [2.75, 3.05) is 19.7 Å². The van der Waals surface area contributed by atoms with Crippen LogP contribution in [0.2, 0.25) is 0 Å². The Bertz CT molecular complexity index is 600. The number of likely N-dealkylation sites (tertiary alicyclic amines) is 1. The number of hydrogen-bond donors (Lipinski definition) is 1. The highest BCUT2D eigenvalue weighted by molar-refractivity contribution is 5.78. The van der Waals surface area contributed by atoms with Crippen LogP contribution >= 0.6 is 0 Å². The van der Waals surface area contributed by atoms with Gasteiger partial charge in [-0.2, -0.15) is 13.2 Å². The van der Waals surface area contributed by atoms with Crippen molar-refractivity contribution in [2.45, 2.75) is 19.5 Å². The molecule has 0 radical (unpaired) electrons.